The van der Waals surface area contributed by atoms with Gasteiger partial charge in [0.2, 0.25) is 0 Å². The smallest absolute Gasteiger partial charge is 0.344 e. The Bertz CT molecular complexity index is 550. The fraction of sp³-hybridized carbons (Fsp3) is 0.167. The van der Waals surface area contributed by atoms with Gasteiger partial charge in [-0.15, -0.1) is 16.5 Å². The summed E-state index contributed by atoms with van der Waals surface area (Å²) in [4.78, 5) is 44.5. The van der Waals surface area contributed by atoms with Crippen LogP contribution in [0.5, 0.6) is 0 Å². The van der Waals surface area contributed by atoms with Crippen molar-refractivity contribution in [3.63, 3.8) is 0 Å². The van der Waals surface area contributed by atoms with Gasteiger partial charge < -0.3 is 15.5 Å². The van der Waals surface area contributed by atoms with E-state index in [1.54, 1.807) is 18.3 Å². The van der Waals surface area contributed by atoms with Gasteiger partial charge in [-0.3, -0.25) is 4.98 Å². The van der Waals surface area contributed by atoms with E-state index in [4.69, 9.17) is 21.8 Å². The normalized spacial score (nSPS) is 9.43. The van der Waals surface area contributed by atoms with Crippen LogP contribution < -0.4 is 5.32 Å². The van der Waals surface area contributed by atoms with Gasteiger partial charge in [0.05, 0.1) is 23.7 Å². The first kappa shape index (κ1) is 20.0. The Hall–Kier alpha value is -3.01. The molecule has 3 N–H and O–H groups in total. The summed E-state index contributed by atoms with van der Waals surface area (Å²) in [6, 6.07) is 2.68. The summed E-state index contributed by atoms with van der Waals surface area (Å²) in [5.74, 6) is -2.37. The van der Waals surface area contributed by atoms with Crippen LogP contribution in [0.4, 0.5) is 10.5 Å². The molecule has 0 fully saturated rings. The van der Waals surface area contributed by atoms with Crippen LogP contribution in [0.1, 0.15) is 0 Å². The molecule has 2 amide bonds. The third-order valence-electron chi connectivity index (χ3n) is 1.91. The Morgan fingerprint density at radius 2 is 1.91 bits per heavy atom. The first-order valence-electron chi connectivity index (χ1n) is 5.92. The summed E-state index contributed by atoms with van der Waals surface area (Å²) in [6.45, 7) is 0.0666. The third kappa shape index (κ3) is 10.4. The molecular formula is C12H13ClN4O6. The lowest BCUT2D eigenvalue weighted by Crippen LogP contribution is -2.31. The van der Waals surface area contributed by atoms with Crippen molar-refractivity contribution in [1.29, 1.82) is 0 Å². The number of carbonyl (C=O) groups is 3. The van der Waals surface area contributed by atoms with Crippen LogP contribution in [-0.2, 0) is 9.59 Å². The number of nitroso groups, excluding NO2 is 1. The van der Waals surface area contributed by atoms with Gasteiger partial charge in [-0.05, 0) is 12.1 Å². The second-order valence-corrected chi connectivity index (χ2v) is 3.95. The molecule has 1 aromatic heterocycles. The van der Waals surface area contributed by atoms with Crippen molar-refractivity contribution >= 4 is 35.3 Å². The van der Waals surface area contributed by atoms with E-state index in [2.05, 4.69) is 15.6 Å². The zero-order chi connectivity index (χ0) is 17.7. The van der Waals surface area contributed by atoms with Crippen LogP contribution in [0, 0.1) is 4.91 Å². The fourth-order valence-electron chi connectivity index (χ4n) is 1.03. The number of rotatable bonds is 6. The summed E-state index contributed by atoms with van der Waals surface area (Å²) < 4.78 is 0. The fourth-order valence-corrected chi connectivity index (χ4v) is 1.19. The number of carboxylic acid groups (broad SMARTS) is 2. The number of aromatic nitrogens is 1. The molecule has 0 spiro atoms. The molecule has 0 atom stereocenters. The molecule has 0 aliphatic rings. The molecule has 124 valence electrons. The van der Waals surface area contributed by atoms with E-state index in [9.17, 15) is 19.3 Å². The number of nitrogens with zero attached hydrogens (tertiary/aromatic N) is 3. The molecule has 0 saturated heterocycles. The summed E-state index contributed by atoms with van der Waals surface area (Å²) in [7, 11) is 0. The molecule has 0 bridgehead atoms. The Balaban J connectivity index is 0.000000515. The highest BCUT2D eigenvalue weighted by Gasteiger charge is 2.12. The maximum atomic E-state index is 11.4. The molecule has 23 heavy (non-hydrogen) atoms. The summed E-state index contributed by atoms with van der Waals surface area (Å²) >= 11 is 5.39. The number of amides is 2. The first-order valence-corrected chi connectivity index (χ1v) is 6.45. The Kier molecular flexibility index (Phi) is 10.1. The maximum Gasteiger partial charge on any atom is 0.344 e. The van der Waals surface area contributed by atoms with Gasteiger partial charge >= 0.3 is 18.0 Å². The molecule has 1 rings (SSSR count). The minimum absolute atomic E-state index is 0.0666. The molecule has 0 aliphatic carbocycles. The molecule has 0 saturated carbocycles. The van der Waals surface area contributed by atoms with E-state index in [0.717, 1.165) is 0 Å². The number of alkyl halides is 1. The maximum absolute atomic E-state index is 11.4. The average Bonchev–Trinajstić information content (AvgIpc) is 2.52. The zero-order valence-corrected chi connectivity index (χ0v) is 12.4. The van der Waals surface area contributed by atoms with Crippen LogP contribution in [-0.4, -0.2) is 50.6 Å². The number of hydrogen-bond acceptors (Lipinski definition) is 6. The van der Waals surface area contributed by atoms with Gasteiger partial charge in [0.15, 0.2) is 0 Å². The van der Waals surface area contributed by atoms with E-state index in [-0.39, 0.29) is 12.4 Å². The second-order valence-electron chi connectivity index (χ2n) is 3.58. The molecule has 10 nitrogen and oxygen atoms in total. The number of carbonyl (C=O) groups excluding carboxylic acids is 1. The molecule has 0 unspecified atom stereocenters. The lowest BCUT2D eigenvalue weighted by Gasteiger charge is -2.12. The van der Waals surface area contributed by atoms with Gasteiger partial charge in [-0.25, -0.2) is 14.4 Å². The van der Waals surface area contributed by atoms with Gasteiger partial charge in [-0.1, -0.05) is 0 Å². The second kappa shape index (κ2) is 11.6. The number of carboxylic acids is 2. The van der Waals surface area contributed by atoms with Crippen LogP contribution in [0.15, 0.2) is 42.0 Å². The molecule has 1 heterocycles. The quantitative estimate of drug-likeness (QED) is 0.306. The highest BCUT2D eigenvalue weighted by atomic mass is 35.5. The van der Waals surface area contributed by atoms with Crippen molar-refractivity contribution in [2.45, 2.75) is 0 Å². The summed E-state index contributed by atoms with van der Waals surface area (Å²) in [5.41, 5.74) is 0.491. The number of aliphatic carboxylic acids is 2. The van der Waals surface area contributed by atoms with E-state index in [1.165, 1.54) is 6.20 Å². The van der Waals surface area contributed by atoms with Gasteiger partial charge in [0, 0.05) is 24.2 Å². The summed E-state index contributed by atoms with van der Waals surface area (Å²) in [6.07, 6.45) is 4.15. The minimum Gasteiger partial charge on any atom is -0.478 e. The lowest BCUT2D eigenvalue weighted by molar-refractivity contribution is -0.134. The molecule has 1 aromatic rings. The standard InChI is InChI=1S/C8H9ClN4O2.C4H4O4/c9-3-5-13(12-15)8(14)11-7-2-1-4-10-6-7;5-3(6)1-2-4(7)8/h1-2,4,6H,3,5H2,(H,11,14);1-2H,(H,5,6)(H,7,8)/b;2-1-. The predicted octanol–water partition coefficient (Wildman–Crippen LogP) is 1.55. The number of halogens is 1. The Labute approximate surface area is 135 Å². The van der Waals surface area contributed by atoms with Crippen molar-refractivity contribution in [1.82, 2.24) is 9.99 Å². The summed E-state index contributed by atoms with van der Waals surface area (Å²) in [5, 5.41) is 21.3. The first-order chi connectivity index (χ1) is 10.9. The number of urea groups is 1. The molecule has 0 radical (unpaired) electrons. The van der Waals surface area contributed by atoms with Crippen molar-refractivity contribution in [3.8, 4) is 0 Å². The van der Waals surface area contributed by atoms with Crippen molar-refractivity contribution in [2.24, 2.45) is 5.29 Å². The van der Waals surface area contributed by atoms with Gasteiger partial charge in [-0.2, -0.15) is 5.01 Å². The number of nitrogens with one attached hydrogen (secondary N) is 1. The molecule has 0 aliphatic heterocycles. The molecular weight excluding hydrogens is 332 g/mol. The largest absolute Gasteiger partial charge is 0.478 e. The average molecular weight is 345 g/mol. The van der Waals surface area contributed by atoms with E-state index < -0.39 is 18.0 Å². The minimum atomic E-state index is -1.26. The number of pyridine rings is 1. The zero-order valence-electron chi connectivity index (χ0n) is 11.6. The van der Waals surface area contributed by atoms with Crippen LogP contribution >= 0.6 is 11.6 Å². The van der Waals surface area contributed by atoms with Crippen molar-refractivity contribution < 1.29 is 24.6 Å². The lowest BCUT2D eigenvalue weighted by atomic mass is 10.4. The van der Waals surface area contributed by atoms with Gasteiger partial charge in [0.1, 0.15) is 0 Å². The van der Waals surface area contributed by atoms with E-state index >= 15 is 0 Å². The van der Waals surface area contributed by atoms with Gasteiger partial charge in [0.25, 0.3) is 0 Å². The highest BCUT2D eigenvalue weighted by molar-refractivity contribution is 6.18. The van der Waals surface area contributed by atoms with E-state index in [0.29, 0.717) is 22.8 Å². The van der Waals surface area contributed by atoms with Crippen LogP contribution in [0.3, 0.4) is 0 Å². The monoisotopic (exact) mass is 344 g/mol. The Morgan fingerprint density at radius 1 is 1.30 bits per heavy atom. The van der Waals surface area contributed by atoms with E-state index in [1.807, 2.05) is 0 Å². The number of anilines is 1. The third-order valence-corrected chi connectivity index (χ3v) is 2.08. The Morgan fingerprint density at radius 3 is 2.30 bits per heavy atom. The highest BCUT2D eigenvalue weighted by Crippen LogP contribution is 2.04. The number of hydrogen-bond donors (Lipinski definition) is 3. The van der Waals surface area contributed by atoms with Crippen LogP contribution in [0.25, 0.3) is 0 Å². The predicted molar refractivity (Wildman–Crippen MR) is 80.9 cm³/mol. The van der Waals surface area contributed by atoms with Crippen molar-refractivity contribution in [2.75, 3.05) is 17.7 Å². The molecule has 11 heteroatoms. The van der Waals surface area contributed by atoms with Crippen LogP contribution in [0.2, 0.25) is 0 Å². The SMILES string of the molecule is O=C(O)/C=C\C(=O)O.O=NN(CCCl)C(=O)Nc1cccnc1. The topological polar surface area (TPSA) is 149 Å². The van der Waals surface area contributed by atoms with Crippen molar-refractivity contribution in [3.05, 3.63) is 41.6 Å². The molecule has 0 aromatic carbocycles.